The van der Waals surface area contributed by atoms with Crippen LogP contribution in [-0.4, -0.2) is 28.7 Å². The molecule has 0 bridgehead atoms. The fourth-order valence-corrected chi connectivity index (χ4v) is 1.52. The smallest absolute Gasteiger partial charge is 0.344 e. The summed E-state index contributed by atoms with van der Waals surface area (Å²) in [6, 6.07) is -0.426. The van der Waals surface area contributed by atoms with Crippen LogP contribution < -0.4 is 16.2 Å². The first-order chi connectivity index (χ1) is 8.24. The van der Waals surface area contributed by atoms with Crippen molar-refractivity contribution < 1.29 is 13.2 Å². The van der Waals surface area contributed by atoms with E-state index in [0.29, 0.717) is 0 Å². The third kappa shape index (κ3) is 3.88. The van der Waals surface area contributed by atoms with Crippen molar-refractivity contribution in [3.8, 4) is 0 Å². The van der Waals surface area contributed by atoms with E-state index < -0.39 is 18.8 Å². The van der Waals surface area contributed by atoms with E-state index in [1.54, 1.807) is 13.8 Å². The first kappa shape index (κ1) is 14.8. The number of aromatic nitrogens is 2. The molecule has 0 aliphatic rings. The topological polar surface area (TPSA) is 67.1 Å². The molecular formula is C9H13ClF3N5. The van der Waals surface area contributed by atoms with E-state index >= 15 is 0 Å². The summed E-state index contributed by atoms with van der Waals surface area (Å²) in [6.45, 7) is 2.07. The maximum atomic E-state index is 12.5. The Bertz CT molecular complexity index is 410. The lowest BCUT2D eigenvalue weighted by atomic mass is 10.3. The fraction of sp³-hybridized carbons (Fsp3) is 0.556. The minimum atomic E-state index is -4.35. The lowest BCUT2D eigenvalue weighted by Crippen LogP contribution is -2.40. The van der Waals surface area contributed by atoms with E-state index in [1.807, 2.05) is 0 Å². The highest BCUT2D eigenvalue weighted by molar-refractivity contribution is 6.32. The highest BCUT2D eigenvalue weighted by Gasteiger charge is 2.33. The molecule has 1 rings (SSSR count). The molecule has 1 aromatic heterocycles. The number of halogens is 4. The summed E-state index contributed by atoms with van der Waals surface area (Å²) in [5, 5.41) is 0.0342. The molecule has 0 fully saturated rings. The molecule has 0 aromatic carbocycles. The second kappa shape index (κ2) is 5.57. The Hall–Kier alpha value is -1.28. The van der Waals surface area contributed by atoms with Crippen LogP contribution in [0.4, 0.5) is 24.9 Å². The zero-order valence-corrected chi connectivity index (χ0v) is 10.5. The number of nitrogens with one attached hydrogen (secondary N) is 1. The van der Waals surface area contributed by atoms with Gasteiger partial charge in [0.05, 0.1) is 6.20 Å². The summed E-state index contributed by atoms with van der Waals surface area (Å²) in [6.07, 6.45) is -3.15. The maximum absolute atomic E-state index is 12.5. The number of hydrazine groups is 1. The van der Waals surface area contributed by atoms with Gasteiger partial charge in [-0.2, -0.15) is 18.2 Å². The molecule has 0 amide bonds. The zero-order chi connectivity index (χ0) is 13.9. The average molecular weight is 284 g/mol. The number of rotatable bonds is 4. The minimum absolute atomic E-state index is 0.00206. The second-order valence-corrected chi connectivity index (χ2v) is 4.25. The van der Waals surface area contributed by atoms with Gasteiger partial charge in [0.1, 0.15) is 11.6 Å². The van der Waals surface area contributed by atoms with Crippen LogP contribution in [0.15, 0.2) is 6.20 Å². The van der Waals surface area contributed by atoms with Crippen molar-refractivity contribution in [3.05, 3.63) is 11.2 Å². The summed E-state index contributed by atoms with van der Waals surface area (Å²) >= 11 is 5.82. The molecule has 0 unspecified atom stereocenters. The number of alkyl halides is 3. The molecule has 1 heterocycles. The van der Waals surface area contributed by atoms with Crippen LogP contribution in [0.25, 0.3) is 0 Å². The Kier molecular flexibility index (Phi) is 4.58. The Morgan fingerprint density at radius 1 is 1.50 bits per heavy atom. The average Bonchev–Trinajstić information content (AvgIpc) is 2.25. The SMILES string of the molecule is CC(C)N(CC(F)(F)F)c1nc(NN)ncc1Cl. The highest BCUT2D eigenvalue weighted by Crippen LogP contribution is 2.28. The number of anilines is 2. The van der Waals surface area contributed by atoms with E-state index in [4.69, 9.17) is 17.4 Å². The van der Waals surface area contributed by atoms with Crippen molar-refractivity contribution >= 4 is 23.4 Å². The third-order valence-electron chi connectivity index (χ3n) is 2.10. The number of hydrogen-bond donors (Lipinski definition) is 2. The quantitative estimate of drug-likeness (QED) is 0.655. The molecule has 9 heteroatoms. The fourth-order valence-electron chi connectivity index (χ4n) is 1.32. The normalized spacial score (nSPS) is 11.8. The Labute approximate surface area is 107 Å². The summed E-state index contributed by atoms with van der Waals surface area (Å²) < 4.78 is 37.5. The van der Waals surface area contributed by atoms with E-state index in [1.165, 1.54) is 6.20 Å². The lowest BCUT2D eigenvalue weighted by molar-refractivity contribution is -0.120. The van der Waals surface area contributed by atoms with Crippen LogP contribution in [0.2, 0.25) is 5.02 Å². The van der Waals surface area contributed by atoms with Crippen LogP contribution in [0.1, 0.15) is 13.8 Å². The van der Waals surface area contributed by atoms with E-state index in [0.717, 1.165) is 4.90 Å². The summed E-state index contributed by atoms with van der Waals surface area (Å²) in [5.41, 5.74) is 2.16. The van der Waals surface area contributed by atoms with Crippen LogP contribution in [0.5, 0.6) is 0 Å². The van der Waals surface area contributed by atoms with Gasteiger partial charge in [-0.05, 0) is 13.8 Å². The van der Waals surface area contributed by atoms with Crippen molar-refractivity contribution in [1.29, 1.82) is 0 Å². The number of nitrogens with two attached hydrogens (primary N) is 1. The van der Waals surface area contributed by atoms with Crippen LogP contribution >= 0.6 is 11.6 Å². The lowest BCUT2D eigenvalue weighted by Gasteiger charge is -2.29. The van der Waals surface area contributed by atoms with Gasteiger partial charge >= 0.3 is 6.18 Å². The zero-order valence-electron chi connectivity index (χ0n) is 9.79. The van der Waals surface area contributed by atoms with Crippen LogP contribution in [0, 0.1) is 0 Å². The molecule has 5 nitrogen and oxygen atoms in total. The van der Waals surface area contributed by atoms with Crippen molar-refractivity contribution in [3.63, 3.8) is 0 Å². The molecule has 0 radical (unpaired) electrons. The van der Waals surface area contributed by atoms with Crippen molar-refractivity contribution in [2.24, 2.45) is 5.84 Å². The molecule has 0 saturated heterocycles. The molecular weight excluding hydrogens is 271 g/mol. The Morgan fingerprint density at radius 3 is 2.56 bits per heavy atom. The summed E-state index contributed by atoms with van der Waals surface area (Å²) in [7, 11) is 0. The van der Waals surface area contributed by atoms with Gasteiger partial charge in [0.15, 0.2) is 5.82 Å². The van der Waals surface area contributed by atoms with Gasteiger partial charge in [-0.15, -0.1) is 0 Å². The van der Waals surface area contributed by atoms with E-state index in [-0.39, 0.29) is 16.8 Å². The molecule has 1 aromatic rings. The van der Waals surface area contributed by atoms with Crippen molar-refractivity contribution in [2.75, 3.05) is 16.9 Å². The largest absolute Gasteiger partial charge is 0.405 e. The standard InChI is InChI=1S/C9H13ClF3N5/c1-5(2)18(4-9(11,12)13)7-6(10)3-15-8(16-7)17-14/h3,5H,4,14H2,1-2H3,(H,15,16,17). The number of nitrogen functional groups attached to an aromatic ring is 1. The van der Waals surface area contributed by atoms with Gasteiger partial charge in [-0.25, -0.2) is 10.8 Å². The van der Waals surface area contributed by atoms with Gasteiger partial charge in [0, 0.05) is 6.04 Å². The molecule has 0 saturated carbocycles. The van der Waals surface area contributed by atoms with Crippen molar-refractivity contribution in [1.82, 2.24) is 9.97 Å². The first-order valence-corrected chi connectivity index (χ1v) is 5.45. The minimum Gasteiger partial charge on any atom is -0.344 e. The van der Waals surface area contributed by atoms with Crippen LogP contribution in [-0.2, 0) is 0 Å². The number of nitrogens with zero attached hydrogens (tertiary/aromatic N) is 3. The summed E-state index contributed by atoms with van der Waals surface area (Å²) in [4.78, 5) is 8.58. The number of hydrogen-bond acceptors (Lipinski definition) is 5. The molecule has 102 valence electrons. The van der Waals surface area contributed by atoms with Gasteiger partial charge in [0.2, 0.25) is 5.95 Å². The molecule has 18 heavy (non-hydrogen) atoms. The predicted molar refractivity (Wildman–Crippen MR) is 63.4 cm³/mol. The molecule has 0 aliphatic carbocycles. The van der Waals surface area contributed by atoms with Gasteiger partial charge < -0.3 is 4.90 Å². The monoisotopic (exact) mass is 283 g/mol. The van der Waals surface area contributed by atoms with E-state index in [9.17, 15) is 13.2 Å². The first-order valence-electron chi connectivity index (χ1n) is 5.07. The van der Waals surface area contributed by atoms with Crippen LogP contribution in [0.3, 0.4) is 0 Å². The predicted octanol–water partition coefficient (Wildman–Crippen LogP) is 2.19. The Morgan fingerprint density at radius 2 is 2.11 bits per heavy atom. The molecule has 0 spiro atoms. The molecule has 3 N–H and O–H groups in total. The summed E-state index contributed by atoms with van der Waals surface area (Å²) in [5.74, 6) is 5.11. The van der Waals surface area contributed by atoms with Crippen molar-refractivity contribution in [2.45, 2.75) is 26.1 Å². The van der Waals surface area contributed by atoms with Gasteiger partial charge in [-0.3, -0.25) is 5.43 Å². The van der Waals surface area contributed by atoms with Gasteiger partial charge in [-0.1, -0.05) is 11.6 Å². The van der Waals surface area contributed by atoms with E-state index in [2.05, 4.69) is 15.4 Å². The van der Waals surface area contributed by atoms with Gasteiger partial charge in [0.25, 0.3) is 0 Å². The highest BCUT2D eigenvalue weighted by atomic mass is 35.5. The third-order valence-corrected chi connectivity index (χ3v) is 2.37. The second-order valence-electron chi connectivity index (χ2n) is 3.85. The molecule has 0 aliphatic heterocycles. The Balaban J connectivity index is 3.12. The molecule has 0 atom stereocenters. The maximum Gasteiger partial charge on any atom is 0.405 e.